The van der Waals surface area contributed by atoms with Crippen LogP contribution in [0.2, 0.25) is 0 Å². The van der Waals surface area contributed by atoms with E-state index in [1.807, 2.05) is 13.8 Å². The van der Waals surface area contributed by atoms with E-state index in [0.29, 0.717) is 36.6 Å². The molecule has 0 saturated carbocycles. The number of Topliss-reactive ketones (excluding diaryl/α,β-unsaturated/α-hetero) is 1. The number of nitrogens with zero attached hydrogens (tertiary/aromatic N) is 2. The highest BCUT2D eigenvalue weighted by Gasteiger charge is 2.45. The Morgan fingerprint density at radius 2 is 1.65 bits per heavy atom. The fourth-order valence-electron chi connectivity index (χ4n) is 4.10. The highest BCUT2D eigenvalue weighted by atomic mass is 16.5. The molecule has 0 unspecified atom stereocenters. The van der Waals surface area contributed by atoms with E-state index < -0.39 is 17.7 Å². The van der Waals surface area contributed by atoms with Crippen LogP contribution >= 0.6 is 0 Å². The zero-order valence-electron chi connectivity index (χ0n) is 20.2. The smallest absolute Gasteiger partial charge is 0.295 e. The number of phenolic OH excluding ortho intramolecular Hbond substituents is 1. The van der Waals surface area contributed by atoms with E-state index in [9.17, 15) is 19.8 Å². The zero-order valence-corrected chi connectivity index (χ0v) is 20.2. The monoisotopic (exact) mass is 466 g/mol. The number of aliphatic hydroxyl groups is 1. The lowest BCUT2D eigenvalue weighted by atomic mass is 9.95. The number of benzene rings is 2. The lowest BCUT2D eigenvalue weighted by Gasteiger charge is -2.28. The van der Waals surface area contributed by atoms with Gasteiger partial charge in [0.15, 0.2) is 0 Å². The Hall–Kier alpha value is -3.32. The van der Waals surface area contributed by atoms with Crippen molar-refractivity contribution < 1.29 is 24.5 Å². The van der Waals surface area contributed by atoms with Gasteiger partial charge >= 0.3 is 0 Å². The lowest BCUT2D eigenvalue weighted by molar-refractivity contribution is -0.140. The van der Waals surface area contributed by atoms with Crippen molar-refractivity contribution in [1.82, 2.24) is 9.80 Å². The van der Waals surface area contributed by atoms with Gasteiger partial charge in [0.2, 0.25) is 0 Å². The van der Waals surface area contributed by atoms with E-state index in [-0.39, 0.29) is 17.1 Å². The third kappa shape index (κ3) is 5.59. The number of aromatic hydroxyl groups is 1. The van der Waals surface area contributed by atoms with Crippen LogP contribution in [0, 0.1) is 0 Å². The number of phenols is 1. The first-order valence-corrected chi connectivity index (χ1v) is 11.9. The van der Waals surface area contributed by atoms with Crippen LogP contribution < -0.4 is 4.74 Å². The van der Waals surface area contributed by atoms with E-state index in [0.717, 1.165) is 25.9 Å². The molecule has 1 fully saturated rings. The predicted molar refractivity (Wildman–Crippen MR) is 132 cm³/mol. The first-order valence-electron chi connectivity index (χ1n) is 11.9. The number of likely N-dealkylation sites (N-methyl/N-ethyl adjacent to an activating group) is 1. The Bertz CT molecular complexity index is 1010. The zero-order chi connectivity index (χ0) is 24.7. The van der Waals surface area contributed by atoms with Crippen molar-refractivity contribution in [1.29, 1.82) is 0 Å². The largest absolute Gasteiger partial charge is 0.508 e. The van der Waals surface area contributed by atoms with Gasteiger partial charge in [0.25, 0.3) is 11.7 Å². The summed E-state index contributed by atoms with van der Waals surface area (Å²) in [5.41, 5.74) is 1.14. The minimum absolute atomic E-state index is 0.0508. The van der Waals surface area contributed by atoms with Gasteiger partial charge in [-0.15, -0.1) is 0 Å². The molecule has 2 aromatic carbocycles. The summed E-state index contributed by atoms with van der Waals surface area (Å²) in [6.45, 7) is 9.41. The Balaban J connectivity index is 1.98. The van der Waals surface area contributed by atoms with Crippen LogP contribution in [0.15, 0.2) is 54.1 Å². The molecule has 2 N–H and O–H groups in total. The molecule has 3 rings (SSSR count). The summed E-state index contributed by atoms with van der Waals surface area (Å²) in [5, 5.41) is 20.9. The fraction of sp³-hybridized carbons (Fsp3) is 0.407. The van der Waals surface area contributed by atoms with Gasteiger partial charge in [-0.05, 0) is 61.5 Å². The molecule has 1 saturated heterocycles. The molecule has 1 amide bonds. The summed E-state index contributed by atoms with van der Waals surface area (Å²) in [6.07, 6.45) is 1.98. The highest BCUT2D eigenvalue weighted by Crippen LogP contribution is 2.39. The van der Waals surface area contributed by atoms with Crippen LogP contribution in [-0.2, 0) is 9.59 Å². The molecule has 2 aromatic rings. The molecule has 0 aromatic heterocycles. The number of hydrogen-bond donors (Lipinski definition) is 2. The molecule has 1 atom stereocenters. The summed E-state index contributed by atoms with van der Waals surface area (Å²) >= 11 is 0. The molecule has 0 radical (unpaired) electrons. The van der Waals surface area contributed by atoms with E-state index in [1.54, 1.807) is 36.4 Å². The maximum absolute atomic E-state index is 13.1. The van der Waals surface area contributed by atoms with Crippen molar-refractivity contribution in [3.63, 3.8) is 0 Å². The molecule has 0 bridgehead atoms. The van der Waals surface area contributed by atoms with E-state index in [1.165, 1.54) is 17.0 Å². The molecule has 7 heteroatoms. The predicted octanol–water partition coefficient (Wildman–Crippen LogP) is 4.33. The SMILES string of the molecule is CCCCOc1ccc(C(O)=C2C(=O)C(=O)N(CCN(CC)CC)[C@@H]2c2ccc(O)cc2)cc1. The van der Waals surface area contributed by atoms with Crippen LogP contribution in [0.4, 0.5) is 0 Å². The standard InChI is InChI=1S/C27H34N2O5/c1-4-7-18-34-22-14-10-20(11-15-22)25(31)23-24(19-8-12-21(30)13-9-19)29(27(33)26(23)32)17-16-28(5-2)6-3/h8-15,24,30-31H,4-7,16-18H2,1-3H3/t24-/m1/s1. The molecular weight excluding hydrogens is 432 g/mol. The summed E-state index contributed by atoms with van der Waals surface area (Å²) in [7, 11) is 0. The summed E-state index contributed by atoms with van der Waals surface area (Å²) in [6, 6.07) is 12.5. The Morgan fingerprint density at radius 1 is 1.00 bits per heavy atom. The normalized spacial score (nSPS) is 17.5. The van der Waals surface area contributed by atoms with E-state index in [2.05, 4.69) is 11.8 Å². The van der Waals surface area contributed by atoms with Crippen LogP contribution in [0.5, 0.6) is 11.5 Å². The minimum atomic E-state index is -0.739. The highest BCUT2D eigenvalue weighted by molar-refractivity contribution is 6.46. The summed E-state index contributed by atoms with van der Waals surface area (Å²) in [4.78, 5) is 29.8. The van der Waals surface area contributed by atoms with Gasteiger partial charge in [0, 0.05) is 18.7 Å². The molecule has 34 heavy (non-hydrogen) atoms. The van der Waals surface area contributed by atoms with Crippen LogP contribution in [-0.4, -0.2) is 64.5 Å². The number of unbranched alkanes of at least 4 members (excludes halogenated alkanes) is 1. The molecule has 182 valence electrons. The minimum Gasteiger partial charge on any atom is -0.508 e. The van der Waals surface area contributed by atoms with Gasteiger partial charge < -0.3 is 24.7 Å². The average Bonchev–Trinajstić information content (AvgIpc) is 3.10. The fourth-order valence-corrected chi connectivity index (χ4v) is 4.10. The topological polar surface area (TPSA) is 90.3 Å². The second-order valence-electron chi connectivity index (χ2n) is 8.34. The van der Waals surface area contributed by atoms with Crippen molar-refractivity contribution in [2.24, 2.45) is 0 Å². The molecule has 0 spiro atoms. The number of amides is 1. The number of carbonyl (C=O) groups is 2. The molecule has 1 aliphatic heterocycles. The lowest BCUT2D eigenvalue weighted by Crippen LogP contribution is -2.38. The Kier molecular flexibility index (Phi) is 8.71. The van der Waals surface area contributed by atoms with Crippen molar-refractivity contribution in [2.45, 2.75) is 39.7 Å². The van der Waals surface area contributed by atoms with Gasteiger partial charge in [0.05, 0.1) is 18.2 Å². The number of aliphatic hydroxyl groups excluding tert-OH is 1. The summed E-state index contributed by atoms with van der Waals surface area (Å²) < 4.78 is 5.68. The second-order valence-corrected chi connectivity index (χ2v) is 8.34. The van der Waals surface area contributed by atoms with Gasteiger partial charge in [-0.25, -0.2) is 0 Å². The van der Waals surface area contributed by atoms with E-state index in [4.69, 9.17) is 4.74 Å². The van der Waals surface area contributed by atoms with Gasteiger partial charge in [0.1, 0.15) is 17.3 Å². The van der Waals surface area contributed by atoms with Gasteiger partial charge in [-0.1, -0.05) is 39.3 Å². The maximum atomic E-state index is 13.1. The van der Waals surface area contributed by atoms with Crippen molar-refractivity contribution in [3.05, 3.63) is 65.2 Å². The number of carbonyl (C=O) groups excluding carboxylic acids is 2. The molecule has 1 aliphatic rings. The molecule has 1 heterocycles. The van der Waals surface area contributed by atoms with Gasteiger partial charge in [-0.2, -0.15) is 0 Å². The third-order valence-electron chi connectivity index (χ3n) is 6.19. The first-order chi connectivity index (χ1) is 16.4. The van der Waals surface area contributed by atoms with E-state index >= 15 is 0 Å². The summed E-state index contributed by atoms with van der Waals surface area (Å²) in [5.74, 6) is -0.797. The average molecular weight is 467 g/mol. The Labute approximate surface area is 201 Å². The van der Waals surface area contributed by atoms with Crippen LogP contribution in [0.1, 0.15) is 50.8 Å². The van der Waals surface area contributed by atoms with Gasteiger partial charge in [-0.3, -0.25) is 9.59 Å². The first kappa shape index (κ1) is 25.3. The number of likely N-dealkylation sites (tertiary alicyclic amines) is 1. The van der Waals surface area contributed by atoms with Crippen LogP contribution in [0.25, 0.3) is 5.76 Å². The Morgan fingerprint density at radius 3 is 2.24 bits per heavy atom. The molecule has 0 aliphatic carbocycles. The number of hydrogen-bond acceptors (Lipinski definition) is 6. The number of ether oxygens (including phenoxy) is 1. The van der Waals surface area contributed by atoms with Crippen molar-refractivity contribution >= 4 is 17.4 Å². The third-order valence-corrected chi connectivity index (χ3v) is 6.19. The number of ketones is 1. The van der Waals surface area contributed by atoms with Crippen LogP contribution in [0.3, 0.4) is 0 Å². The van der Waals surface area contributed by atoms with Crippen molar-refractivity contribution in [2.75, 3.05) is 32.8 Å². The maximum Gasteiger partial charge on any atom is 0.295 e. The second kappa shape index (κ2) is 11.7. The van der Waals surface area contributed by atoms with Crippen molar-refractivity contribution in [3.8, 4) is 11.5 Å². The number of rotatable bonds is 11. The quantitative estimate of drug-likeness (QED) is 0.222. The molecular formula is C27H34N2O5. The molecule has 7 nitrogen and oxygen atoms in total.